The van der Waals surface area contributed by atoms with Crippen molar-refractivity contribution >= 4 is 29.0 Å². The highest BCUT2D eigenvalue weighted by atomic mass is 35.5. The van der Waals surface area contributed by atoms with Crippen molar-refractivity contribution in [3.63, 3.8) is 0 Å². The lowest BCUT2D eigenvalue weighted by Gasteiger charge is -2.33. The monoisotopic (exact) mass is 724 g/mol. The second kappa shape index (κ2) is 13.1. The van der Waals surface area contributed by atoms with Crippen LogP contribution in [-0.4, -0.2) is 74.5 Å². The van der Waals surface area contributed by atoms with Gasteiger partial charge in [-0.25, -0.2) is 8.78 Å². The Hall–Kier alpha value is -3.76. The number of anilines is 2. The van der Waals surface area contributed by atoms with Gasteiger partial charge in [-0.15, -0.1) is 0 Å². The fourth-order valence-electron chi connectivity index (χ4n) is 7.74. The summed E-state index contributed by atoms with van der Waals surface area (Å²) < 4.78 is 86.6. The minimum absolute atomic E-state index is 0.0280. The van der Waals surface area contributed by atoms with Crippen molar-refractivity contribution in [1.29, 1.82) is 0 Å². The number of nitrogens with two attached hydrogens (primary N) is 1. The molecule has 1 aromatic carbocycles. The third kappa shape index (κ3) is 6.45. The Labute approximate surface area is 290 Å². The Bertz CT molecular complexity index is 1810. The van der Waals surface area contributed by atoms with Crippen LogP contribution >= 0.6 is 11.6 Å². The fourth-order valence-corrected chi connectivity index (χ4v) is 8.06. The van der Waals surface area contributed by atoms with E-state index in [9.17, 15) is 22.4 Å². The first-order chi connectivity index (χ1) is 23.7. The molecule has 0 saturated carbocycles. The number of nitrogens with one attached hydrogen (secondary N) is 1. The van der Waals surface area contributed by atoms with Gasteiger partial charge in [0.25, 0.3) is 5.91 Å². The summed E-state index contributed by atoms with van der Waals surface area (Å²) in [4.78, 5) is 26.2. The van der Waals surface area contributed by atoms with Gasteiger partial charge in [-0.1, -0.05) is 11.6 Å². The quantitative estimate of drug-likeness (QED) is 0.244. The van der Waals surface area contributed by atoms with E-state index in [0.29, 0.717) is 56.1 Å². The van der Waals surface area contributed by atoms with E-state index in [4.69, 9.17) is 31.8 Å². The van der Waals surface area contributed by atoms with Crippen LogP contribution in [-0.2, 0) is 37.0 Å². The molecule has 0 radical (unpaired) electrons. The second-order valence-electron chi connectivity index (χ2n) is 13.8. The molecule has 4 aliphatic rings. The van der Waals surface area contributed by atoms with E-state index in [2.05, 4.69) is 20.3 Å². The summed E-state index contributed by atoms with van der Waals surface area (Å²) in [5.41, 5.74) is 4.41. The molecule has 11 nitrogen and oxygen atoms in total. The predicted octanol–water partition coefficient (Wildman–Crippen LogP) is 5.38. The summed E-state index contributed by atoms with van der Waals surface area (Å²) in [7, 11) is 0. The number of amides is 1. The number of fused-ring (bicyclic) bond motifs is 3. The van der Waals surface area contributed by atoms with E-state index in [1.54, 1.807) is 10.7 Å². The minimum Gasteiger partial charge on any atom is -0.461 e. The molecule has 3 atom stereocenters. The number of alkyl halides is 4. The van der Waals surface area contributed by atoms with E-state index in [0.717, 1.165) is 31.1 Å². The highest BCUT2D eigenvalue weighted by Gasteiger charge is 2.49. The zero-order chi connectivity index (χ0) is 35.5. The molecule has 2 saturated heterocycles. The van der Waals surface area contributed by atoms with Crippen LogP contribution in [0.1, 0.15) is 84.2 Å². The van der Waals surface area contributed by atoms with Crippen molar-refractivity contribution in [2.24, 2.45) is 0 Å². The average molecular weight is 725 g/mol. The SMILES string of the molecule is CC(C)NC(=O)c1cc2n(n1)CCCN(c1nc(OC[C@@]34CCCN3C[C@H](F)C4)nc3c1CO[C@H](c1c(F)c(N)cc(Cl)c1C(F)(F)F)C3)C2. The first-order valence-electron chi connectivity index (χ1n) is 16.7. The van der Waals surface area contributed by atoms with Crippen LogP contribution in [0.3, 0.4) is 0 Å². The summed E-state index contributed by atoms with van der Waals surface area (Å²) in [6.45, 7) is 6.04. The lowest BCUT2D eigenvalue weighted by molar-refractivity contribution is -0.140. The number of rotatable bonds is 7. The number of hydrogen-bond donors (Lipinski definition) is 2. The largest absolute Gasteiger partial charge is 0.461 e. The zero-order valence-electron chi connectivity index (χ0n) is 27.6. The maximum absolute atomic E-state index is 15.4. The number of carbonyl (C=O) groups excluding carboxylic acids is 1. The molecule has 0 aliphatic carbocycles. The average Bonchev–Trinajstić information content (AvgIpc) is 3.67. The van der Waals surface area contributed by atoms with Crippen LogP contribution in [0.2, 0.25) is 5.02 Å². The molecule has 2 fully saturated rings. The molecule has 6 heterocycles. The van der Waals surface area contributed by atoms with Crippen LogP contribution in [0.4, 0.5) is 33.5 Å². The van der Waals surface area contributed by atoms with E-state index < -0.39 is 51.6 Å². The minimum atomic E-state index is -4.99. The first kappa shape index (κ1) is 34.7. The summed E-state index contributed by atoms with van der Waals surface area (Å²) in [6.07, 6.45) is -5.04. The van der Waals surface area contributed by atoms with Crippen molar-refractivity contribution in [3.05, 3.63) is 56.7 Å². The van der Waals surface area contributed by atoms with Crippen LogP contribution in [0.15, 0.2) is 12.1 Å². The van der Waals surface area contributed by atoms with E-state index >= 15 is 4.39 Å². The van der Waals surface area contributed by atoms with Gasteiger partial charge in [0.1, 0.15) is 18.6 Å². The van der Waals surface area contributed by atoms with Crippen molar-refractivity contribution < 1.29 is 36.2 Å². The highest BCUT2D eigenvalue weighted by molar-refractivity contribution is 6.31. The van der Waals surface area contributed by atoms with E-state index in [-0.39, 0.29) is 43.3 Å². The maximum atomic E-state index is 15.4. The molecule has 3 aromatic rings. The van der Waals surface area contributed by atoms with Crippen molar-refractivity contribution in [2.45, 2.75) is 95.7 Å². The molecule has 0 bridgehead atoms. The smallest absolute Gasteiger partial charge is 0.418 e. The molecule has 0 unspecified atom stereocenters. The Morgan fingerprint density at radius 2 is 2.02 bits per heavy atom. The second-order valence-corrected chi connectivity index (χ2v) is 14.2. The Kier molecular flexibility index (Phi) is 9.08. The van der Waals surface area contributed by atoms with Gasteiger partial charge < -0.3 is 25.4 Å². The van der Waals surface area contributed by atoms with Gasteiger partial charge >= 0.3 is 12.2 Å². The van der Waals surface area contributed by atoms with Crippen LogP contribution < -0.4 is 20.7 Å². The summed E-state index contributed by atoms with van der Waals surface area (Å²) in [5, 5.41) is 6.63. The van der Waals surface area contributed by atoms with Crippen LogP contribution in [0, 0.1) is 5.82 Å². The van der Waals surface area contributed by atoms with Crippen molar-refractivity contribution in [1.82, 2.24) is 30.0 Å². The number of aromatic nitrogens is 4. The maximum Gasteiger partial charge on any atom is 0.418 e. The highest BCUT2D eigenvalue weighted by Crippen LogP contribution is 2.46. The lowest BCUT2D eigenvalue weighted by atomic mass is 9.93. The topological polar surface area (TPSA) is 124 Å². The van der Waals surface area contributed by atoms with Crippen molar-refractivity contribution in [2.75, 3.05) is 36.9 Å². The predicted molar refractivity (Wildman–Crippen MR) is 173 cm³/mol. The summed E-state index contributed by atoms with van der Waals surface area (Å²) >= 11 is 5.99. The van der Waals surface area contributed by atoms with E-state index in [1.165, 1.54) is 0 Å². The molecular weight excluding hydrogens is 687 g/mol. The Morgan fingerprint density at radius 3 is 2.78 bits per heavy atom. The standard InChI is InChI=1S/C33H38ClF5N8O3/c1-17(2)41-30(48)24-9-19-14-45(6-4-8-47(19)44-24)29-20-15-49-25(26-27(33(37,38)39)21(34)10-22(40)28(26)36)11-23(20)42-31(43-29)50-16-32-5-3-7-46(32)13-18(35)12-32/h9-10,17-18,25H,3-8,11-16,40H2,1-2H3,(H,41,48)/t18-,25+,32+/m1/s1. The first-order valence-corrected chi connectivity index (χ1v) is 17.1. The van der Waals surface area contributed by atoms with Gasteiger partial charge in [-0.2, -0.15) is 28.2 Å². The number of aryl methyl sites for hydroxylation is 1. The van der Waals surface area contributed by atoms with E-state index in [1.807, 2.05) is 18.7 Å². The number of carbonyl (C=O) groups is 1. The third-order valence-corrected chi connectivity index (χ3v) is 10.2. The van der Waals surface area contributed by atoms with Gasteiger partial charge in [0.05, 0.1) is 52.5 Å². The molecule has 50 heavy (non-hydrogen) atoms. The number of nitrogens with zero attached hydrogens (tertiary/aromatic N) is 6. The number of benzene rings is 1. The Balaban J connectivity index is 1.26. The summed E-state index contributed by atoms with van der Waals surface area (Å²) in [5.74, 6) is -1.12. The van der Waals surface area contributed by atoms with Crippen LogP contribution in [0.25, 0.3) is 0 Å². The molecular formula is C33H38ClF5N8O3. The lowest BCUT2D eigenvalue weighted by Crippen LogP contribution is -2.43. The van der Waals surface area contributed by atoms with Crippen LogP contribution in [0.5, 0.6) is 6.01 Å². The number of ether oxygens (including phenoxy) is 2. The van der Waals surface area contributed by atoms with Gasteiger partial charge in [0, 0.05) is 49.6 Å². The molecule has 17 heteroatoms. The Morgan fingerprint density at radius 1 is 1.22 bits per heavy atom. The molecule has 270 valence electrons. The van der Waals surface area contributed by atoms with Crippen molar-refractivity contribution in [3.8, 4) is 6.01 Å². The molecule has 1 amide bonds. The fraction of sp³-hybridized carbons (Fsp3) is 0.576. The number of halogens is 6. The van der Waals surface area contributed by atoms with Gasteiger partial charge in [0.2, 0.25) is 0 Å². The van der Waals surface area contributed by atoms with Gasteiger partial charge in [-0.3, -0.25) is 14.4 Å². The molecule has 4 aliphatic heterocycles. The molecule has 3 N–H and O–H groups in total. The molecule has 0 spiro atoms. The molecule has 2 aromatic heterocycles. The third-order valence-electron chi connectivity index (χ3n) is 9.94. The number of hydrogen-bond acceptors (Lipinski definition) is 9. The van der Waals surface area contributed by atoms with Gasteiger partial charge in [0.15, 0.2) is 11.5 Å². The zero-order valence-corrected chi connectivity index (χ0v) is 28.4. The normalized spacial score (nSPS) is 23.8. The number of nitrogen functional groups attached to an aromatic ring is 1. The van der Waals surface area contributed by atoms with Gasteiger partial charge in [-0.05, 0) is 51.8 Å². The summed E-state index contributed by atoms with van der Waals surface area (Å²) in [6, 6.07) is 2.36. The molecule has 7 rings (SSSR count).